The van der Waals surface area contributed by atoms with Crippen molar-refractivity contribution in [1.29, 1.82) is 0 Å². The van der Waals surface area contributed by atoms with Crippen LogP contribution in [0.25, 0.3) is 11.1 Å². The van der Waals surface area contributed by atoms with Crippen LogP contribution in [0, 0.1) is 11.6 Å². The number of carbonyl (C=O) groups excluding carboxylic acids is 1. The van der Waals surface area contributed by atoms with Crippen molar-refractivity contribution in [1.82, 2.24) is 4.57 Å². The number of pyridine rings is 1. The third-order valence-corrected chi connectivity index (χ3v) is 6.42. The summed E-state index contributed by atoms with van der Waals surface area (Å²) in [6.45, 7) is 2.03. The minimum absolute atomic E-state index is 0.000309. The Balaban J connectivity index is 1.67. The van der Waals surface area contributed by atoms with E-state index in [1.807, 2.05) is 0 Å². The zero-order valence-electron chi connectivity index (χ0n) is 21.6. The molecule has 0 aliphatic heterocycles. The number of carbonyl (C=O) groups is 1. The number of nitrogens with one attached hydrogen (secondary N) is 1. The lowest BCUT2D eigenvalue weighted by atomic mass is 10.0. The molecule has 0 aliphatic rings. The number of hydrogen-bond donors (Lipinski definition) is 2. The predicted molar refractivity (Wildman–Crippen MR) is 148 cm³/mol. The van der Waals surface area contributed by atoms with Gasteiger partial charge in [0, 0.05) is 42.2 Å². The Kier molecular flexibility index (Phi) is 9.08. The fourth-order valence-corrected chi connectivity index (χ4v) is 4.44. The summed E-state index contributed by atoms with van der Waals surface area (Å²) in [7, 11) is 1.57. The SMILES string of the molecule is CCOc1cc(=O)n(C)cc1-c1cc(NC(=O)Cc2ccc(CS(=O)O)cc2)ccc1Oc1ccc(F)cc1F. The highest BCUT2D eigenvalue weighted by molar-refractivity contribution is 7.78. The van der Waals surface area contributed by atoms with Crippen LogP contribution in [0.2, 0.25) is 0 Å². The molecular formula is C29H26F2N2O6S. The molecule has 1 aromatic heterocycles. The third kappa shape index (κ3) is 7.19. The number of amides is 1. The Morgan fingerprint density at radius 3 is 2.33 bits per heavy atom. The minimum atomic E-state index is -1.96. The zero-order valence-corrected chi connectivity index (χ0v) is 22.5. The molecule has 1 heterocycles. The van der Waals surface area contributed by atoms with Gasteiger partial charge in [-0.15, -0.1) is 0 Å². The van der Waals surface area contributed by atoms with Gasteiger partial charge in [0.05, 0.1) is 18.8 Å². The number of ether oxygens (including phenoxy) is 2. The van der Waals surface area contributed by atoms with E-state index >= 15 is 0 Å². The van der Waals surface area contributed by atoms with Gasteiger partial charge >= 0.3 is 0 Å². The van der Waals surface area contributed by atoms with E-state index in [4.69, 9.17) is 14.0 Å². The zero-order chi connectivity index (χ0) is 28.8. The van der Waals surface area contributed by atoms with Gasteiger partial charge in [-0.05, 0) is 48.4 Å². The Labute approximate surface area is 231 Å². The van der Waals surface area contributed by atoms with Gasteiger partial charge < -0.3 is 23.9 Å². The molecule has 0 aliphatic carbocycles. The summed E-state index contributed by atoms with van der Waals surface area (Å²) in [4.78, 5) is 25.1. The molecular weight excluding hydrogens is 542 g/mol. The molecule has 4 rings (SSSR count). The number of benzene rings is 3. The lowest BCUT2D eigenvalue weighted by molar-refractivity contribution is -0.115. The summed E-state index contributed by atoms with van der Waals surface area (Å²) in [5, 5.41) is 2.82. The van der Waals surface area contributed by atoms with E-state index in [-0.39, 0.29) is 47.5 Å². The fourth-order valence-electron chi connectivity index (χ4n) is 3.96. The van der Waals surface area contributed by atoms with Crippen molar-refractivity contribution in [3.05, 3.63) is 106 Å². The number of aromatic nitrogens is 1. The van der Waals surface area contributed by atoms with Crippen LogP contribution in [0.1, 0.15) is 18.1 Å². The molecule has 1 unspecified atom stereocenters. The second-order valence-corrected chi connectivity index (χ2v) is 9.76. The van der Waals surface area contributed by atoms with Crippen molar-refractivity contribution in [2.45, 2.75) is 19.1 Å². The maximum absolute atomic E-state index is 14.4. The summed E-state index contributed by atoms with van der Waals surface area (Å²) < 4.78 is 60.7. The Morgan fingerprint density at radius 2 is 1.65 bits per heavy atom. The highest BCUT2D eigenvalue weighted by atomic mass is 32.2. The number of rotatable bonds is 10. The van der Waals surface area contributed by atoms with Crippen LogP contribution >= 0.6 is 0 Å². The second kappa shape index (κ2) is 12.7. The first kappa shape index (κ1) is 28.7. The van der Waals surface area contributed by atoms with Crippen molar-refractivity contribution in [2.24, 2.45) is 7.05 Å². The molecule has 0 radical (unpaired) electrons. The lowest BCUT2D eigenvalue weighted by Gasteiger charge is -2.17. The van der Waals surface area contributed by atoms with Crippen LogP contribution in [0.5, 0.6) is 17.2 Å². The van der Waals surface area contributed by atoms with Gasteiger partial charge in [-0.2, -0.15) is 0 Å². The van der Waals surface area contributed by atoms with E-state index in [2.05, 4.69) is 5.32 Å². The third-order valence-electron chi connectivity index (χ3n) is 5.84. The molecule has 4 aromatic rings. The molecule has 0 bridgehead atoms. The van der Waals surface area contributed by atoms with Crippen LogP contribution in [-0.2, 0) is 35.1 Å². The number of aryl methyl sites for hydroxylation is 1. The molecule has 0 saturated carbocycles. The lowest BCUT2D eigenvalue weighted by Crippen LogP contribution is -2.16. The molecule has 40 heavy (non-hydrogen) atoms. The number of hydrogen-bond acceptors (Lipinski definition) is 5. The van der Waals surface area contributed by atoms with Gasteiger partial charge in [0.25, 0.3) is 5.56 Å². The first-order valence-corrected chi connectivity index (χ1v) is 13.5. The van der Waals surface area contributed by atoms with E-state index < -0.39 is 22.7 Å². The average Bonchev–Trinajstić information content (AvgIpc) is 2.89. The van der Waals surface area contributed by atoms with E-state index in [9.17, 15) is 22.6 Å². The fraction of sp³-hybridized carbons (Fsp3) is 0.172. The summed E-state index contributed by atoms with van der Waals surface area (Å²) >= 11 is -1.96. The summed E-state index contributed by atoms with van der Waals surface area (Å²) in [5.41, 5.74) is 2.31. The highest BCUT2D eigenvalue weighted by Gasteiger charge is 2.18. The summed E-state index contributed by atoms with van der Waals surface area (Å²) in [6, 6.07) is 15.8. The van der Waals surface area contributed by atoms with E-state index in [0.29, 0.717) is 34.0 Å². The highest BCUT2D eigenvalue weighted by Crippen LogP contribution is 2.40. The average molecular weight is 569 g/mol. The second-order valence-electron chi connectivity index (χ2n) is 8.83. The van der Waals surface area contributed by atoms with E-state index in [1.54, 1.807) is 56.6 Å². The maximum atomic E-state index is 14.4. The molecule has 208 valence electrons. The normalized spacial score (nSPS) is 11.6. The van der Waals surface area contributed by atoms with Gasteiger partial charge in [0.2, 0.25) is 5.91 Å². The Bertz CT molecular complexity index is 1620. The van der Waals surface area contributed by atoms with Crippen molar-refractivity contribution in [3.63, 3.8) is 0 Å². The van der Waals surface area contributed by atoms with Crippen molar-refractivity contribution in [3.8, 4) is 28.4 Å². The molecule has 8 nitrogen and oxygen atoms in total. The number of nitrogens with zero attached hydrogens (tertiary/aromatic N) is 1. The number of halogens is 2. The largest absolute Gasteiger partial charge is 0.493 e. The molecule has 3 aromatic carbocycles. The van der Waals surface area contributed by atoms with Crippen LogP contribution in [0.3, 0.4) is 0 Å². The van der Waals surface area contributed by atoms with E-state index in [1.165, 1.54) is 16.7 Å². The molecule has 0 spiro atoms. The smallest absolute Gasteiger partial charge is 0.254 e. The molecule has 1 atom stereocenters. The quantitative estimate of drug-likeness (QED) is 0.247. The molecule has 1 amide bonds. The maximum Gasteiger partial charge on any atom is 0.254 e. The molecule has 0 saturated heterocycles. The Morgan fingerprint density at radius 1 is 0.950 bits per heavy atom. The van der Waals surface area contributed by atoms with Gasteiger partial charge in [0.15, 0.2) is 22.6 Å². The van der Waals surface area contributed by atoms with Gasteiger partial charge in [0.1, 0.15) is 17.3 Å². The Hall–Kier alpha value is -4.35. The van der Waals surface area contributed by atoms with Gasteiger partial charge in [-0.25, -0.2) is 13.0 Å². The van der Waals surface area contributed by atoms with Crippen LogP contribution in [0.15, 0.2) is 77.7 Å². The first-order valence-electron chi connectivity index (χ1n) is 12.2. The first-order chi connectivity index (χ1) is 19.1. The molecule has 0 fully saturated rings. The predicted octanol–water partition coefficient (Wildman–Crippen LogP) is 5.42. The van der Waals surface area contributed by atoms with Crippen LogP contribution < -0.4 is 20.3 Å². The summed E-state index contributed by atoms with van der Waals surface area (Å²) in [5.74, 6) is -1.74. The van der Waals surface area contributed by atoms with Crippen LogP contribution in [0.4, 0.5) is 14.5 Å². The van der Waals surface area contributed by atoms with Crippen LogP contribution in [-0.4, -0.2) is 25.8 Å². The van der Waals surface area contributed by atoms with E-state index in [0.717, 1.165) is 12.1 Å². The molecule has 2 N–H and O–H groups in total. The standard InChI is InChI=1S/C29H26F2N2O6S/c1-3-38-27-15-29(35)33(2)16-23(27)22-14-21(9-11-25(22)39-26-10-8-20(30)13-24(26)31)32-28(34)12-18-4-6-19(7-5-18)17-40(36)37/h4-11,13-16H,3,12,17H2,1-2H3,(H,32,34)(H,36,37). The molecule has 11 heteroatoms. The van der Waals surface area contributed by atoms with Crippen molar-refractivity contribution < 1.29 is 31.8 Å². The monoisotopic (exact) mass is 568 g/mol. The van der Waals surface area contributed by atoms with Gasteiger partial charge in [-0.1, -0.05) is 24.3 Å². The van der Waals surface area contributed by atoms with Crippen molar-refractivity contribution >= 4 is 22.7 Å². The topological polar surface area (TPSA) is 107 Å². The number of anilines is 1. The van der Waals surface area contributed by atoms with Crippen molar-refractivity contribution in [2.75, 3.05) is 11.9 Å². The summed E-state index contributed by atoms with van der Waals surface area (Å²) in [6.07, 6.45) is 1.59. The van der Waals surface area contributed by atoms with Gasteiger partial charge in [-0.3, -0.25) is 9.59 Å². The minimum Gasteiger partial charge on any atom is -0.493 e.